The molecule has 5 nitrogen and oxygen atoms in total. The number of aliphatic carboxylic acids is 1. The van der Waals surface area contributed by atoms with Gasteiger partial charge in [-0.3, -0.25) is 0 Å². The fourth-order valence-corrected chi connectivity index (χ4v) is 4.11. The minimum Gasteiger partial charge on any atom is -0.550 e. The number of carbonyl (C=O) groups is 2. The quantitative estimate of drug-likeness (QED) is 0.598. The molecular weight excluding hydrogens is 435 g/mol. The predicted octanol–water partition coefficient (Wildman–Crippen LogP) is 4.43. The van der Waals surface area contributed by atoms with Crippen molar-refractivity contribution in [1.29, 1.82) is 0 Å². The van der Waals surface area contributed by atoms with Crippen LogP contribution >= 0.6 is 0 Å². The van der Waals surface area contributed by atoms with Gasteiger partial charge in [-0.1, -0.05) is 60.7 Å². The summed E-state index contributed by atoms with van der Waals surface area (Å²) in [5, 5.41) is 13.6. The minimum atomic E-state index is -4.53. The number of benzene rings is 3. The Balaban J connectivity index is 1.47. The molecule has 1 amide bonds. The van der Waals surface area contributed by atoms with Crippen LogP contribution in [0.3, 0.4) is 0 Å². The van der Waals surface area contributed by atoms with Crippen LogP contribution in [0.15, 0.2) is 72.8 Å². The van der Waals surface area contributed by atoms with Gasteiger partial charge in [-0.25, -0.2) is 4.79 Å². The standard InChI is InChI=1S/C25H20F3NO4/c26-25(27,28)16-11-9-15(10-12-16)22(13-23(30)31)29-24(32)33-14-21-19-7-3-1-5-17(19)18-6-2-4-8-20(18)21/h1-12,21-22H,13-14H2,(H,29,32)(H,30,31)/p-1/t22-/m0/s1. The van der Waals surface area contributed by atoms with Crippen molar-refractivity contribution < 1.29 is 32.6 Å². The first-order valence-electron chi connectivity index (χ1n) is 10.2. The Bertz CT molecular complexity index is 1130. The highest BCUT2D eigenvalue weighted by Crippen LogP contribution is 2.44. The zero-order valence-electron chi connectivity index (χ0n) is 17.3. The molecule has 0 fully saturated rings. The molecule has 4 rings (SSSR count). The van der Waals surface area contributed by atoms with E-state index in [4.69, 9.17) is 4.74 Å². The first-order valence-corrected chi connectivity index (χ1v) is 10.2. The number of fused-ring (bicyclic) bond motifs is 3. The topological polar surface area (TPSA) is 78.5 Å². The van der Waals surface area contributed by atoms with Crippen molar-refractivity contribution in [2.24, 2.45) is 0 Å². The third-order valence-electron chi connectivity index (χ3n) is 5.65. The molecule has 1 aliphatic rings. The Kier molecular flexibility index (Phi) is 6.09. The van der Waals surface area contributed by atoms with Gasteiger partial charge in [0.2, 0.25) is 0 Å². The van der Waals surface area contributed by atoms with Gasteiger partial charge in [0.05, 0.1) is 11.6 Å². The molecule has 8 heteroatoms. The molecule has 0 aromatic heterocycles. The second kappa shape index (κ2) is 8.97. The fraction of sp³-hybridized carbons (Fsp3) is 0.200. The molecule has 0 unspecified atom stereocenters. The molecule has 0 saturated heterocycles. The van der Waals surface area contributed by atoms with Crippen LogP contribution in [0.25, 0.3) is 11.1 Å². The molecule has 1 N–H and O–H groups in total. The highest BCUT2D eigenvalue weighted by atomic mass is 19.4. The second-order valence-electron chi connectivity index (χ2n) is 7.72. The lowest BCUT2D eigenvalue weighted by Crippen LogP contribution is -2.35. The number of alkyl carbamates (subject to hydrolysis) is 1. The lowest BCUT2D eigenvalue weighted by molar-refractivity contribution is -0.306. The second-order valence-corrected chi connectivity index (χ2v) is 7.72. The van der Waals surface area contributed by atoms with E-state index in [-0.39, 0.29) is 18.1 Å². The molecule has 1 aliphatic carbocycles. The Morgan fingerprint density at radius 3 is 1.97 bits per heavy atom. The number of carbonyl (C=O) groups excluding carboxylic acids is 2. The van der Waals surface area contributed by atoms with Crippen LogP contribution in [-0.2, 0) is 15.7 Å². The molecule has 0 aliphatic heterocycles. The number of halogens is 3. The normalized spacial score (nSPS) is 13.7. The Morgan fingerprint density at radius 2 is 1.45 bits per heavy atom. The Hall–Kier alpha value is -3.81. The molecule has 170 valence electrons. The molecule has 0 spiro atoms. The molecule has 3 aromatic rings. The lowest BCUT2D eigenvalue weighted by atomic mass is 9.98. The zero-order valence-corrected chi connectivity index (χ0v) is 17.3. The number of carboxylic acid groups (broad SMARTS) is 1. The van der Waals surface area contributed by atoms with E-state index in [1.807, 2.05) is 48.5 Å². The summed E-state index contributed by atoms with van der Waals surface area (Å²) in [7, 11) is 0. The maximum Gasteiger partial charge on any atom is 0.416 e. The van der Waals surface area contributed by atoms with E-state index in [0.717, 1.165) is 46.5 Å². The molecule has 0 radical (unpaired) electrons. The van der Waals surface area contributed by atoms with E-state index >= 15 is 0 Å². The van der Waals surface area contributed by atoms with Gasteiger partial charge in [-0.2, -0.15) is 13.2 Å². The van der Waals surface area contributed by atoms with Crippen molar-refractivity contribution in [1.82, 2.24) is 5.32 Å². The SMILES string of the molecule is O=C([O-])C[C@H](NC(=O)OCC1c2ccccc2-c2ccccc21)c1ccc(C(F)(F)F)cc1. The van der Waals surface area contributed by atoms with E-state index in [0.29, 0.717) is 0 Å². The van der Waals surface area contributed by atoms with E-state index in [1.165, 1.54) is 0 Å². The number of hydrogen-bond donors (Lipinski definition) is 1. The maximum atomic E-state index is 12.8. The monoisotopic (exact) mass is 454 g/mol. The number of hydrogen-bond acceptors (Lipinski definition) is 4. The summed E-state index contributed by atoms with van der Waals surface area (Å²) in [5.74, 6) is -1.65. The van der Waals surface area contributed by atoms with Crippen LogP contribution in [0.1, 0.15) is 40.6 Å². The lowest BCUT2D eigenvalue weighted by Gasteiger charge is -2.21. The van der Waals surface area contributed by atoms with E-state index < -0.39 is 36.3 Å². The summed E-state index contributed by atoms with van der Waals surface area (Å²) in [4.78, 5) is 23.6. The van der Waals surface area contributed by atoms with Crippen LogP contribution in [-0.4, -0.2) is 18.7 Å². The molecule has 0 saturated carbocycles. The maximum absolute atomic E-state index is 12.8. The van der Waals surface area contributed by atoms with Crippen LogP contribution in [0, 0.1) is 0 Å². The van der Waals surface area contributed by atoms with Gasteiger partial charge >= 0.3 is 12.3 Å². The fourth-order valence-electron chi connectivity index (χ4n) is 4.11. The highest BCUT2D eigenvalue weighted by molar-refractivity contribution is 5.79. The number of rotatable bonds is 6. The summed E-state index contributed by atoms with van der Waals surface area (Å²) in [5.41, 5.74) is 3.46. The van der Waals surface area contributed by atoms with Gasteiger partial charge in [-0.15, -0.1) is 0 Å². The van der Waals surface area contributed by atoms with E-state index in [1.54, 1.807) is 0 Å². The number of amides is 1. The van der Waals surface area contributed by atoms with Crippen molar-refractivity contribution in [3.05, 3.63) is 95.1 Å². The highest BCUT2D eigenvalue weighted by Gasteiger charge is 2.31. The van der Waals surface area contributed by atoms with E-state index in [2.05, 4.69) is 5.32 Å². The molecule has 1 atom stereocenters. The summed E-state index contributed by atoms with van der Waals surface area (Å²) in [6, 6.07) is 18.4. The summed E-state index contributed by atoms with van der Waals surface area (Å²) in [6.07, 6.45) is -6.01. The minimum absolute atomic E-state index is 0.0188. The first kappa shape index (κ1) is 22.4. The smallest absolute Gasteiger partial charge is 0.416 e. The number of carboxylic acids is 1. The van der Waals surface area contributed by atoms with Gasteiger partial charge in [0, 0.05) is 18.3 Å². The number of ether oxygens (including phenoxy) is 1. The summed E-state index contributed by atoms with van der Waals surface area (Å²) in [6.45, 7) is 0.0188. The van der Waals surface area contributed by atoms with Crippen LogP contribution in [0.4, 0.5) is 18.0 Å². The molecule has 0 bridgehead atoms. The van der Waals surface area contributed by atoms with Crippen molar-refractivity contribution in [2.45, 2.75) is 24.6 Å². The molecule has 0 heterocycles. The molecule has 3 aromatic carbocycles. The van der Waals surface area contributed by atoms with Gasteiger partial charge in [-0.05, 0) is 39.9 Å². The average molecular weight is 454 g/mol. The number of alkyl halides is 3. The van der Waals surface area contributed by atoms with Crippen LogP contribution < -0.4 is 10.4 Å². The van der Waals surface area contributed by atoms with Gasteiger partial charge < -0.3 is 20.0 Å². The zero-order chi connectivity index (χ0) is 23.6. The Labute approximate surface area is 187 Å². The predicted molar refractivity (Wildman–Crippen MR) is 112 cm³/mol. The molecule has 33 heavy (non-hydrogen) atoms. The number of nitrogens with one attached hydrogen (secondary N) is 1. The van der Waals surface area contributed by atoms with Crippen molar-refractivity contribution >= 4 is 12.1 Å². The van der Waals surface area contributed by atoms with E-state index in [9.17, 15) is 27.9 Å². The third-order valence-corrected chi connectivity index (χ3v) is 5.65. The summed E-state index contributed by atoms with van der Waals surface area (Å²) >= 11 is 0. The first-order chi connectivity index (χ1) is 15.7. The van der Waals surface area contributed by atoms with Crippen LogP contribution in [0.5, 0.6) is 0 Å². The largest absolute Gasteiger partial charge is 0.550 e. The van der Waals surface area contributed by atoms with Crippen LogP contribution in [0.2, 0.25) is 0 Å². The summed E-state index contributed by atoms with van der Waals surface area (Å²) < 4.78 is 43.8. The molecular formula is C25H19F3NO4-. The van der Waals surface area contributed by atoms with Crippen molar-refractivity contribution in [3.8, 4) is 11.1 Å². The van der Waals surface area contributed by atoms with Crippen molar-refractivity contribution in [3.63, 3.8) is 0 Å². The Morgan fingerprint density at radius 1 is 0.909 bits per heavy atom. The van der Waals surface area contributed by atoms with Gasteiger partial charge in [0.1, 0.15) is 6.61 Å². The van der Waals surface area contributed by atoms with Crippen molar-refractivity contribution in [2.75, 3.05) is 6.61 Å². The third kappa shape index (κ3) is 4.84. The average Bonchev–Trinajstić information content (AvgIpc) is 3.10. The van der Waals surface area contributed by atoms with Gasteiger partial charge in [0.15, 0.2) is 0 Å². The van der Waals surface area contributed by atoms with Gasteiger partial charge in [0.25, 0.3) is 0 Å².